The van der Waals surface area contributed by atoms with Gasteiger partial charge in [0, 0.05) is 24.7 Å². The molecular weight excluding hydrogens is 606 g/mol. The van der Waals surface area contributed by atoms with Crippen LogP contribution < -0.4 is 27.0 Å². The molecule has 10 N–H and O–H groups in total. The van der Waals surface area contributed by atoms with E-state index in [2.05, 4.69) is 31.2 Å². The summed E-state index contributed by atoms with van der Waals surface area (Å²) >= 11 is 1.42. The standard InChI is InChI=1S/C29H43N7O8S/c1-16(2)10-22(26(40)33-21(29(43)44)8-9-45-3)35-28(42)24(14-37)36-27(41)23(11-17-4-6-19(38)7-5-17)34-25(39)20(30)12-18-13-31-15-32-18/h4-7,13,15-16,20-24,37-38H,8-12,14,30H2,1-3H3,(H,31,32)(H,33,40)(H,34,39)(H,35,42)(H,36,41)(H,43,44). The Kier molecular flexibility index (Phi) is 15.3. The van der Waals surface area contributed by atoms with Gasteiger partial charge in [0.15, 0.2) is 0 Å². The van der Waals surface area contributed by atoms with Crippen molar-refractivity contribution in [2.45, 2.75) is 69.7 Å². The molecule has 2 aromatic rings. The van der Waals surface area contributed by atoms with Gasteiger partial charge in [0.25, 0.3) is 0 Å². The number of carbonyl (C=O) groups is 5. The Morgan fingerprint density at radius 1 is 0.889 bits per heavy atom. The summed E-state index contributed by atoms with van der Waals surface area (Å²) in [6.45, 7) is 2.79. The molecule has 0 saturated heterocycles. The minimum absolute atomic E-state index is 0.00120. The molecule has 0 fully saturated rings. The van der Waals surface area contributed by atoms with Crippen molar-refractivity contribution in [1.82, 2.24) is 31.2 Å². The number of amides is 4. The Labute approximate surface area is 265 Å². The van der Waals surface area contributed by atoms with Gasteiger partial charge in [-0.1, -0.05) is 26.0 Å². The van der Waals surface area contributed by atoms with Crippen molar-refractivity contribution >= 4 is 41.4 Å². The summed E-state index contributed by atoms with van der Waals surface area (Å²) in [5.41, 5.74) is 7.22. The molecule has 1 aromatic carbocycles. The largest absolute Gasteiger partial charge is 0.508 e. The van der Waals surface area contributed by atoms with Crippen LogP contribution in [0.25, 0.3) is 0 Å². The first-order valence-electron chi connectivity index (χ1n) is 14.4. The number of hydrogen-bond acceptors (Lipinski definition) is 10. The highest BCUT2D eigenvalue weighted by Gasteiger charge is 2.32. The van der Waals surface area contributed by atoms with Crippen LogP contribution >= 0.6 is 11.8 Å². The number of nitrogens with one attached hydrogen (secondary N) is 5. The zero-order chi connectivity index (χ0) is 33.5. The van der Waals surface area contributed by atoms with Crippen molar-refractivity contribution in [1.29, 1.82) is 0 Å². The summed E-state index contributed by atoms with van der Waals surface area (Å²) in [5.74, 6) is -3.85. The first-order chi connectivity index (χ1) is 21.3. The third kappa shape index (κ3) is 12.8. The van der Waals surface area contributed by atoms with Gasteiger partial charge in [0.2, 0.25) is 23.6 Å². The molecule has 45 heavy (non-hydrogen) atoms. The zero-order valence-corrected chi connectivity index (χ0v) is 26.3. The van der Waals surface area contributed by atoms with Crippen molar-refractivity contribution in [2.24, 2.45) is 11.7 Å². The minimum Gasteiger partial charge on any atom is -0.508 e. The molecule has 4 amide bonds. The highest BCUT2D eigenvalue weighted by Crippen LogP contribution is 2.12. The van der Waals surface area contributed by atoms with Gasteiger partial charge in [0.1, 0.15) is 29.9 Å². The number of aliphatic hydroxyl groups excluding tert-OH is 1. The lowest BCUT2D eigenvalue weighted by Crippen LogP contribution is -2.60. The van der Waals surface area contributed by atoms with Gasteiger partial charge in [0.05, 0.1) is 19.0 Å². The van der Waals surface area contributed by atoms with E-state index < -0.39 is 66.4 Å². The van der Waals surface area contributed by atoms with Crippen LogP contribution in [0.1, 0.15) is 37.9 Å². The third-order valence-electron chi connectivity index (χ3n) is 6.72. The molecule has 5 atom stereocenters. The number of H-pyrrole nitrogens is 1. The highest BCUT2D eigenvalue weighted by atomic mass is 32.2. The van der Waals surface area contributed by atoms with Gasteiger partial charge in [-0.15, -0.1) is 0 Å². The summed E-state index contributed by atoms with van der Waals surface area (Å²) < 4.78 is 0. The van der Waals surface area contributed by atoms with Gasteiger partial charge in [-0.25, -0.2) is 9.78 Å². The fraction of sp³-hybridized carbons (Fsp3) is 0.517. The topological polar surface area (TPSA) is 249 Å². The van der Waals surface area contributed by atoms with Crippen LogP contribution in [0.4, 0.5) is 0 Å². The number of hydrogen-bond donors (Lipinski definition) is 9. The Morgan fingerprint density at radius 2 is 1.47 bits per heavy atom. The van der Waals surface area contributed by atoms with Crippen LogP contribution in [0.3, 0.4) is 0 Å². The molecule has 0 saturated carbocycles. The second-order valence-corrected chi connectivity index (χ2v) is 11.9. The van der Waals surface area contributed by atoms with Crippen molar-refractivity contribution in [3.8, 4) is 5.75 Å². The molecule has 0 aliphatic carbocycles. The second-order valence-electron chi connectivity index (χ2n) is 10.9. The predicted octanol–water partition coefficient (Wildman–Crippen LogP) is -0.957. The average Bonchev–Trinajstić information content (AvgIpc) is 3.50. The maximum absolute atomic E-state index is 13.4. The van der Waals surface area contributed by atoms with E-state index in [-0.39, 0.29) is 37.4 Å². The Bertz CT molecular complexity index is 1260. The number of rotatable bonds is 19. The quantitative estimate of drug-likeness (QED) is 0.0897. The Balaban J connectivity index is 2.18. The fourth-order valence-electron chi connectivity index (χ4n) is 4.29. The molecule has 1 aromatic heterocycles. The highest BCUT2D eigenvalue weighted by molar-refractivity contribution is 7.98. The van der Waals surface area contributed by atoms with E-state index in [9.17, 15) is 39.3 Å². The molecule has 16 heteroatoms. The number of aliphatic hydroxyl groups is 1. The van der Waals surface area contributed by atoms with Gasteiger partial charge in [-0.3, -0.25) is 19.2 Å². The SMILES string of the molecule is CSCCC(NC(=O)C(CC(C)C)NC(=O)C(CO)NC(=O)C(Cc1ccc(O)cc1)NC(=O)C(N)Cc1cnc[nH]1)C(=O)O. The number of phenols is 1. The van der Waals surface area contributed by atoms with Gasteiger partial charge >= 0.3 is 5.97 Å². The molecule has 0 aliphatic rings. The van der Waals surface area contributed by atoms with E-state index in [1.54, 1.807) is 12.1 Å². The fourth-order valence-corrected chi connectivity index (χ4v) is 4.76. The van der Waals surface area contributed by atoms with Gasteiger partial charge in [-0.05, 0) is 48.5 Å². The van der Waals surface area contributed by atoms with Gasteiger partial charge < -0.3 is 47.3 Å². The average molecular weight is 650 g/mol. The van der Waals surface area contributed by atoms with E-state index in [1.165, 1.54) is 36.4 Å². The minimum atomic E-state index is -1.51. The number of phenolic OH excluding ortho intramolecular Hbond substituents is 1. The molecule has 248 valence electrons. The summed E-state index contributed by atoms with van der Waals surface area (Å²) in [4.78, 5) is 70.9. The number of carbonyl (C=O) groups excluding carboxylic acids is 4. The molecule has 0 aliphatic heterocycles. The van der Waals surface area contributed by atoms with E-state index in [4.69, 9.17) is 5.73 Å². The number of aromatic amines is 1. The molecule has 1 heterocycles. The third-order valence-corrected chi connectivity index (χ3v) is 7.37. The number of aromatic hydroxyl groups is 1. The van der Waals surface area contributed by atoms with E-state index in [1.807, 2.05) is 20.1 Å². The summed E-state index contributed by atoms with van der Waals surface area (Å²) in [5, 5.41) is 39.1. The smallest absolute Gasteiger partial charge is 0.326 e. The number of aromatic nitrogens is 2. The van der Waals surface area contributed by atoms with Crippen molar-refractivity contribution in [3.05, 3.63) is 48.0 Å². The number of imidazole rings is 1. The lowest BCUT2D eigenvalue weighted by Gasteiger charge is -2.26. The lowest BCUT2D eigenvalue weighted by atomic mass is 10.0. The molecule has 0 spiro atoms. The van der Waals surface area contributed by atoms with Crippen LogP contribution in [-0.4, -0.2) is 104 Å². The number of carboxylic acids is 1. The number of nitrogens with two attached hydrogens (primary N) is 1. The van der Waals surface area contributed by atoms with Crippen LogP contribution in [0.5, 0.6) is 5.75 Å². The molecule has 15 nitrogen and oxygen atoms in total. The van der Waals surface area contributed by atoms with Crippen molar-refractivity contribution in [3.63, 3.8) is 0 Å². The lowest BCUT2D eigenvalue weighted by molar-refractivity contribution is -0.142. The predicted molar refractivity (Wildman–Crippen MR) is 167 cm³/mol. The maximum Gasteiger partial charge on any atom is 0.326 e. The number of nitrogens with zero attached hydrogens (tertiary/aromatic N) is 1. The maximum atomic E-state index is 13.4. The summed E-state index contributed by atoms with van der Waals surface area (Å²) in [6, 6.07) is -0.155. The molecule has 2 rings (SSSR count). The Morgan fingerprint density at radius 3 is 2.02 bits per heavy atom. The number of benzene rings is 1. The molecule has 5 unspecified atom stereocenters. The normalized spacial score (nSPS) is 14.4. The first kappa shape index (κ1) is 37.0. The number of thioether (sulfide) groups is 1. The van der Waals surface area contributed by atoms with E-state index in [0.29, 0.717) is 17.0 Å². The Hall–Kier alpha value is -4.15. The van der Waals surface area contributed by atoms with Gasteiger partial charge in [-0.2, -0.15) is 11.8 Å². The number of aliphatic carboxylic acids is 1. The van der Waals surface area contributed by atoms with Crippen molar-refractivity contribution in [2.75, 3.05) is 18.6 Å². The van der Waals surface area contributed by atoms with Crippen LogP contribution in [0.2, 0.25) is 0 Å². The monoisotopic (exact) mass is 649 g/mol. The van der Waals surface area contributed by atoms with Crippen LogP contribution in [0.15, 0.2) is 36.8 Å². The zero-order valence-electron chi connectivity index (χ0n) is 25.5. The number of carboxylic acid groups (broad SMARTS) is 1. The van der Waals surface area contributed by atoms with Crippen LogP contribution in [0, 0.1) is 5.92 Å². The molecule has 0 radical (unpaired) electrons. The first-order valence-corrected chi connectivity index (χ1v) is 15.8. The molecule has 0 bridgehead atoms. The van der Waals surface area contributed by atoms with Crippen molar-refractivity contribution < 1.29 is 39.3 Å². The van der Waals surface area contributed by atoms with E-state index >= 15 is 0 Å². The summed E-state index contributed by atoms with van der Waals surface area (Å²) in [6.07, 6.45) is 5.16. The van der Waals surface area contributed by atoms with E-state index in [0.717, 1.165) is 0 Å². The summed E-state index contributed by atoms with van der Waals surface area (Å²) in [7, 11) is 0. The second kappa shape index (κ2) is 18.6. The molecular formula is C29H43N7O8S. The van der Waals surface area contributed by atoms with Crippen LogP contribution in [-0.2, 0) is 36.8 Å².